The number of unbranched alkanes of at least 4 members (excludes halogenated alkanes) is 7. The van der Waals surface area contributed by atoms with Crippen molar-refractivity contribution in [3.63, 3.8) is 0 Å². The van der Waals surface area contributed by atoms with Gasteiger partial charge in [0, 0.05) is 6.54 Å². The van der Waals surface area contributed by atoms with Crippen molar-refractivity contribution < 1.29 is 9.59 Å². The van der Waals surface area contributed by atoms with Crippen LogP contribution in [-0.2, 0) is 0 Å². The third kappa shape index (κ3) is 12.2. The highest BCUT2D eigenvalue weighted by atomic mass is 16.2. The van der Waals surface area contributed by atoms with Crippen LogP contribution in [0.4, 0.5) is 0 Å². The number of hydrogen-bond donors (Lipinski definition) is 4. The van der Waals surface area contributed by atoms with Gasteiger partial charge in [0.2, 0.25) is 0 Å². The molecule has 1 aromatic heterocycles. The number of aromatic amines is 1. The summed E-state index contributed by atoms with van der Waals surface area (Å²) < 4.78 is 0. The number of aromatic nitrogens is 1. The first-order valence-corrected chi connectivity index (χ1v) is 11.8. The Kier molecular flexibility index (Phi) is 14.1. The highest BCUT2D eigenvalue weighted by Gasteiger charge is 2.12. The van der Waals surface area contributed by atoms with Gasteiger partial charge in [0.1, 0.15) is 11.4 Å². The van der Waals surface area contributed by atoms with Crippen LogP contribution in [0.5, 0.6) is 0 Å². The molecule has 2 amide bonds. The smallest absolute Gasteiger partial charge is 0.296 e. The molecule has 0 atom stereocenters. The predicted molar refractivity (Wildman–Crippen MR) is 127 cm³/mol. The van der Waals surface area contributed by atoms with Crippen LogP contribution in [0.15, 0.2) is 17.1 Å². The molecule has 0 radical (unpaired) electrons. The van der Waals surface area contributed by atoms with E-state index in [9.17, 15) is 9.59 Å². The average Bonchev–Trinajstić information content (AvgIpc) is 3.23. The maximum atomic E-state index is 12.3. The number of H-pyrrole nitrogens is 1. The quantitative estimate of drug-likeness (QED) is 0.170. The molecule has 1 rings (SSSR count). The fraction of sp³-hybridized carbons (Fsp3) is 0.696. The van der Waals surface area contributed by atoms with Crippen molar-refractivity contribution >= 4 is 17.8 Å². The Hall–Kier alpha value is -2.35. The van der Waals surface area contributed by atoms with Gasteiger partial charge in [-0.25, -0.2) is 0 Å². The summed E-state index contributed by atoms with van der Waals surface area (Å²) in [7, 11) is 0. The molecule has 0 saturated carbocycles. The van der Waals surface area contributed by atoms with Crippen molar-refractivity contribution in [3.8, 4) is 0 Å². The van der Waals surface area contributed by atoms with E-state index in [2.05, 4.69) is 34.0 Å². The Bertz CT molecular complexity index is 655. The van der Waals surface area contributed by atoms with E-state index in [4.69, 9.17) is 11.5 Å². The molecule has 8 heteroatoms. The van der Waals surface area contributed by atoms with E-state index in [1.807, 2.05) is 0 Å². The second-order valence-electron chi connectivity index (χ2n) is 8.05. The normalized spacial score (nSPS) is 10.9. The molecule has 0 bridgehead atoms. The van der Waals surface area contributed by atoms with Crippen LogP contribution in [-0.4, -0.2) is 53.8 Å². The number of nitrogens with one attached hydrogen (secondary N) is 2. The van der Waals surface area contributed by atoms with Gasteiger partial charge in [-0.2, -0.15) is 4.99 Å². The number of aliphatic imine (C=N–C) groups is 1. The lowest BCUT2D eigenvalue weighted by Crippen LogP contribution is -2.29. The molecule has 0 aliphatic rings. The summed E-state index contributed by atoms with van der Waals surface area (Å²) in [6, 6.07) is 3.05. The topological polar surface area (TPSA) is 130 Å². The molecule has 176 valence electrons. The number of hydrogen-bond acceptors (Lipinski definition) is 3. The predicted octanol–water partition coefficient (Wildman–Crippen LogP) is 3.40. The first-order valence-electron chi connectivity index (χ1n) is 11.8. The molecule has 8 nitrogen and oxygen atoms in total. The van der Waals surface area contributed by atoms with Crippen LogP contribution in [0.2, 0.25) is 0 Å². The lowest BCUT2D eigenvalue weighted by molar-refractivity contribution is 0.0948. The van der Waals surface area contributed by atoms with E-state index < -0.39 is 5.91 Å². The third-order valence-electron chi connectivity index (χ3n) is 5.23. The number of carbonyl (C=O) groups is 2. The first kappa shape index (κ1) is 26.7. The Balaban J connectivity index is 2.32. The number of guanidine groups is 1. The molecule has 6 N–H and O–H groups in total. The maximum absolute atomic E-state index is 12.3. The van der Waals surface area contributed by atoms with Gasteiger partial charge in [0.05, 0.1) is 0 Å². The van der Waals surface area contributed by atoms with E-state index in [0.29, 0.717) is 12.2 Å². The van der Waals surface area contributed by atoms with Gasteiger partial charge in [-0.15, -0.1) is 0 Å². The van der Waals surface area contributed by atoms with E-state index in [-0.39, 0.29) is 17.6 Å². The highest BCUT2D eigenvalue weighted by Crippen LogP contribution is 2.07. The summed E-state index contributed by atoms with van der Waals surface area (Å²) >= 11 is 0. The summed E-state index contributed by atoms with van der Waals surface area (Å²) in [6.07, 6.45) is 12.3. The van der Waals surface area contributed by atoms with Crippen molar-refractivity contribution in [2.45, 2.75) is 78.1 Å². The van der Waals surface area contributed by atoms with E-state index >= 15 is 0 Å². The minimum atomic E-state index is -0.600. The van der Waals surface area contributed by atoms with Gasteiger partial charge in [-0.05, 0) is 57.5 Å². The van der Waals surface area contributed by atoms with Crippen molar-refractivity contribution in [2.75, 3.05) is 26.2 Å². The van der Waals surface area contributed by atoms with Crippen LogP contribution >= 0.6 is 0 Å². The molecule has 0 aliphatic carbocycles. The maximum Gasteiger partial charge on any atom is 0.296 e. The zero-order valence-electron chi connectivity index (χ0n) is 19.4. The molecule has 1 aromatic rings. The fourth-order valence-corrected chi connectivity index (χ4v) is 3.45. The monoisotopic (exact) mass is 434 g/mol. The minimum Gasteiger partial charge on any atom is -0.370 e. The summed E-state index contributed by atoms with van der Waals surface area (Å²) in [5, 5.41) is 2.90. The van der Waals surface area contributed by atoms with Crippen LogP contribution < -0.4 is 16.8 Å². The standard InChI is InChI=1S/C23H42N6O2/c1-3-5-7-10-16-29(17-11-8-6-4-2)18-12-9-15-26-21(30)19-13-14-20(27-19)22(31)28-23(24)25/h13-14,27H,3-12,15-18H2,1-2H3,(H,26,30)(H4,24,25,28,31). The Labute approximate surface area is 187 Å². The molecule has 0 fully saturated rings. The van der Waals surface area contributed by atoms with Crippen molar-refractivity contribution in [3.05, 3.63) is 23.5 Å². The number of nitrogens with zero attached hydrogens (tertiary/aromatic N) is 2. The molecule has 31 heavy (non-hydrogen) atoms. The SMILES string of the molecule is CCCCCCN(CCCCCC)CCCCNC(=O)c1ccc(C(=O)N=C(N)N)[nH]1. The molecule has 0 aromatic carbocycles. The zero-order chi connectivity index (χ0) is 22.9. The van der Waals surface area contributed by atoms with Crippen LogP contribution in [0, 0.1) is 0 Å². The first-order chi connectivity index (χ1) is 15.0. The largest absolute Gasteiger partial charge is 0.370 e. The van der Waals surface area contributed by atoms with Gasteiger partial charge in [0.15, 0.2) is 5.96 Å². The van der Waals surface area contributed by atoms with Gasteiger partial charge in [-0.1, -0.05) is 52.4 Å². The Morgan fingerprint density at radius 3 is 1.97 bits per heavy atom. The van der Waals surface area contributed by atoms with E-state index in [1.54, 1.807) is 6.07 Å². The Morgan fingerprint density at radius 2 is 1.42 bits per heavy atom. The average molecular weight is 435 g/mol. The van der Waals surface area contributed by atoms with Gasteiger partial charge in [0.25, 0.3) is 11.8 Å². The van der Waals surface area contributed by atoms with Crippen molar-refractivity contribution in [1.82, 2.24) is 15.2 Å². The van der Waals surface area contributed by atoms with Gasteiger partial charge < -0.3 is 26.7 Å². The van der Waals surface area contributed by atoms with Crippen LogP contribution in [0.25, 0.3) is 0 Å². The third-order valence-corrected chi connectivity index (χ3v) is 5.23. The number of rotatable bonds is 17. The molecule has 0 unspecified atom stereocenters. The molecule has 0 aliphatic heterocycles. The van der Waals surface area contributed by atoms with Gasteiger partial charge >= 0.3 is 0 Å². The summed E-state index contributed by atoms with van der Waals surface area (Å²) in [6.45, 7) is 8.52. The Morgan fingerprint density at radius 1 is 0.871 bits per heavy atom. The van der Waals surface area contributed by atoms with Crippen molar-refractivity contribution in [2.24, 2.45) is 16.5 Å². The highest BCUT2D eigenvalue weighted by molar-refractivity contribution is 6.02. The minimum absolute atomic E-state index is 0.181. The lowest BCUT2D eigenvalue weighted by atomic mass is 10.1. The van der Waals surface area contributed by atoms with Crippen LogP contribution in [0.3, 0.4) is 0 Å². The van der Waals surface area contributed by atoms with Gasteiger partial charge in [-0.3, -0.25) is 9.59 Å². The molecule has 0 saturated heterocycles. The zero-order valence-corrected chi connectivity index (χ0v) is 19.4. The molecular weight excluding hydrogens is 392 g/mol. The van der Waals surface area contributed by atoms with E-state index in [1.165, 1.54) is 70.5 Å². The number of amides is 2. The summed E-state index contributed by atoms with van der Waals surface area (Å²) in [4.78, 5) is 32.8. The van der Waals surface area contributed by atoms with E-state index in [0.717, 1.165) is 19.4 Å². The second-order valence-corrected chi connectivity index (χ2v) is 8.05. The lowest BCUT2D eigenvalue weighted by Gasteiger charge is -2.22. The summed E-state index contributed by atoms with van der Waals surface area (Å²) in [5.74, 6) is -1.15. The molecular formula is C23H42N6O2. The van der Waals surface area contributed by atoms with Crippen LogP contribution in [0.1, 0.15) is 99.0 Å². The number of nitrogens with two attached hydrogens (primary N) is 2. The molecule has 1 heterocycles. The number of carbonyl (C=O) groups excluding carboxylic acids is 2. The van der Waals surface area contributed by atoms with Crippen molar-refractivity contribution in [1.29, 1.82) is 0 Å². The molecule has 0 spiro atoms. The fourth-order valence-electron chi connectivity index (χ4n) is 3.45. The second kappa shape index (κ2) is 16.4. The summed E-state index contributed by atoms with van der Waals surface area (Å²) in [5.41, 5.74) is 10.9.